The van der Waals surface area contributed by atoms with Crippen molar-refractivity contribution in [3.63, 3.8) is 0 Å². The van der Waals surface area contributed by atoms with Gasteiger partial charge in [0, 0.05) is 25.1 Å². The molecule has 1 heterocycles. The monoisotopic (exact) mass is 259 g/mol. The van der Waals surface area contributed by atoms with E-state index in [1.807, 2.05) is 6.92 Å². The lowest BCUT2D eigenvalue weighted by Gasteiger charge is -2.09. The van der Waals surface area contributed by atoms with Gasteiger partial charge in [0.1, 0.15) is 17.7 Å². The van der Waals surface area contributed by atoms with Crippen LogP contribution in [0.4, 0.5) is 10.1 Å². The quantitative estimate of drug-likeness (QED) is 0.838. The van der Waals surface area contributed by atoms with E-state index in [9.17, 15) is 4.39 Å². The first-order chi connectivity index (χ1) is 6.63. The van der Waals surface area contributed by atoms with Gasteiger partial charge in [-0.1, -0.05) is 0 Å². The van der Waals surface area contributed by atoms with Crippen molar-refractivity contribution in [1.29, 1.82) is 0 Å². The highest BCUT2D eigenvalue weighted by atomic mass is 79.9. The summed E-state index contributed by atoms with van der Waals surface area (Å²) in [6, 6.07) is 1.45. The summed E-state index contributed by atoms with van der Waals surface area (Å²) in [7, 11) is 1.76. The number of ether oxygens (including phenoxy) is 1. The fourth-order valence-electron chi connectivity index (χ4n) is 1.69. The number of anilines is 1. The normalized spacial score (nSPS) is 19.0. The molecular formula is C10H11BrFNO. The Kier molecular flexibility index (Phi) is 2.39. The molecule has 1 N–H and O–H groups in total. The summed E-state index contributed by atoms with van der Waals surface area (Å²) in [6.45, 7) is 1.98. The predicted octanol–water partition coefficient (Wildman–Crippen LogP) is 2.95. The van der Waals surface area contributed by atoms with E-state index < -0.39 is 0 Å². The number of nitrogens with one attached hydrogen (secondary N) is 1. The molecule has 1 atom stereocenters. The minimum Gasteiger partial charge on any atom is -0.488 e. The van der Waals surface area contributed by atoms with Gasteiger partial charge >= 0.3 is 0 Å². The SMILES string of the molecule is CNc1cc(F)c(Br)c2c1O[C@H](C)C2. The van der Waals surface area contributed by atoms with E-state index >= 15 is 0 Å². The van der Waals surface area contributed by atoms with Gasteiger partial charge in [0.25, 0.3) is 0 Å². The second-order valence-electron chi connectivity index (χ2n) is 3.41. The van der Waals surface area contributed by atoms with Crippen LogP contribution < -0.4 is 10.1 Å². The molecule has 14 heavy (non-hydrogen) atoms. The third kappa shape index (κ3) is 1.38. The Labute approximate surface area is 90.6 Å². The van der Waals surface area contributed by atoms with Crippen LogP contribution in [0.3, 0.4) is 0 Å². The van der Waals surface area contributed by atoms with E-state index in [0.717, 1.165) is 17.7 Å². The molecule has 1 aliphatic rings. The van der Waals surface area contributed by atoms with Crippen LogP contribution in [0.1, 0.15) is 12.5 Å². The standard InChI is InChI=1S/C10H11BrFNO/c1-5-3-6-9(11)7(12)4-8(13-2)10(6)14-5/h4-5,13H,3H2,1-2H3/t5-/m1/s1. The fourth-order valence-corrected chi connectivity index (χ4v) is 2.15. The molecule has 2 nitrogen and oxygen atoms in total. The molecule has 1 aromatic carbocycles. The molecule has 0 saturated heterocycles. The van der Waals surface area contributed by atoms with Crippen LogP contribution in [0.15, 0.2) is 10.5 Å². The van der Waals surface area contributed by atoms with Gasteiger partial charge in [-0.2, -0.15) is 0 Å². The van der Waals surface area contributed by atoms with Crippen LogP contribution in [0, 0.1) is 5.82 Å². The summed E-state index contributed by atoms with van der Waals surface area (Å²) < 4.78 is 19.5. The highest BCUT2D eigenvalue weighted by Gasteiger charge is 2.26. The predicted molar refractivity (Wildman–Crippen MR) is 57.4 cm³/mol. The number of benzene rings is 1. The molecular weight excluding hydrogens is 249 g/mol. The van der Waals surface area contributed by atoms with Crippen LogP contribution in [-0.4, -0.2) is 13.2 Å². The molecule has 76 valence electrons. The summed E-state index contributed by atoms with van der Waals surface area (Å²) in [5.74, 6) is 0.527. The van der Waals surface area contributed by atoms with Crippen molar-refractivity contribution in [2.24, 2.45) is 0 Å². The molecule has 2 rings (SSSR count). The zero-order valence-corrected chi connectivity index (χ0v) is 9.61. The van der Waals surface area contributed by atoms with Gasteiger partial charge in [0.05, 0.1) is 10.2 Å². The summed E-state index contributed by atoms with van der Waals surface area (Å²) in [4.78, 5) is 0. The third-order valence-corrected chi connectivity index (χ3v) is 3.20. The topological polar surface area (TPSA) is 21.3 Å². The molecule has 0 radical (unpaired) electrons. The van der Waals surface area contributed by atoms with Gasteiger partial charge in [0.15, 0.2) is 0 Å². The lowest BCUT2D eigenvalue weighted by Crippen LogP contribution is -2.05. The number of hydrogen-bond donors (Lipinski definition) is 1. The second-order valence-corrected chi connectivity index (χ2v) is 4.20. The van der Waals surface area contributed by atoms with E-state index in [4.69, 9.17) is 4.74 Å². The van der Waals surface area contributed by atoms with Crippen molar-refractivity contribution in [3.8, 4) is 5.75 Å². The maximum atomic E-state index is 13.4. The molecule has 0 amide bonds. The number of rotatable bonds is 1. The molecule has 0 saturated carbocycles. The second kappa shape index (κ2) is 3.42. The lowest BCUT2D eigenvalue weighted by atomic mass is 10.1. The Hall–Kier alpha value is -0.770. The van der Waals surface area contributed by atoms with E-state index in [1.165, 1.54) is 6.07 Å². The Morgan fingerprint density at radius 2 is 2.36 bits per heavy atom. The summed E-state index contributed by atoms with van der Waals surface area (Å²) in [5, 5.41) is 2.93. The molecule has 0 fully saturated rings. The molecule has 0 aromatic heterocycles. The summed E-state index contributed by atoms with van der Waals surface area (Å²) >= 11 is 3.24. The zero-order chi connectivity index (χ0) is 10.3. The smallest absolute Gasteiger partial charge is 0.147 e. The van der Waals surface area contributed by atoms with Gasteiger partial charge in [0.2, 0.25) is 0 Å². The molecule has 1 aliphatic heterocycles. The first kappa shape index (κ1) is 9.77. The number of halogens is 2. The third-order valence-electron chi connectivity index (χ3n) is 2.34. The molecule has 1 aromatic rings. The first-order valence-corrected chi connectivity index (χ1v) is 5.28. The zero-order valence-electron chi connectivity index (χ0n) is 8.03. The van der Waals surface area contributed by atoms with E-state index in [2.05, 4.69) is 21.2 Å². The van der Waals surface area contributed by atoms with Crippen molar-refractivity contribution in [1.82, 2.24) is 0 Å². The molecule has 4 heteroatoms. The Bertz CT molecular complexity index is 381. The van der Waals surface area contributed by atoms with Crippen molar-refractivity contribution in [3.05, 3.63) is 21.9 Å². The Morgan fingerprint density at radius 1 is 1.64 bits per heavy atom. The van der Waals surface area contributed by atoms with E-state index in [-0.39, 0.29) is 11.9 Å². The van der Waals surface area contributed by atoms with Crippen molar-refractivity contribution in [2.75, 3.05) is 12.4 Å². The van der Waals surface area contributed by atoms with Crippen LogP contribution in [0.5, 0.6) is 5.75 Å². The molecule has 0 bridgehead atoms. The average Bonchev–Trinajstić information content (AvgIpc) is 2.54. The van der Waals surface area contributed by atoms with Gasteiger partial charge in [-0.15, -0.1) is 0 Å². The maximum Gasteiger partial charge on any atom is 0.147 e. The fraction of sp³-hybridized carbons (Fsp3) is 0.400. The minimum absolute atomic E-state index is 0.121. The molecule has 0 aliphatic carbocycles. The Balaban J connectivity index is 2.60. The van der Waals surface area contributed by atoms with Crippen LogP contribution in [0.2, 0.25) is 0 Å². The number of hydrogen-bond acceptors (Lipinski definition) is 2. The summed E-state index contributed by atoms with van der Waals surface area (Å²) in [5.41, 5.74) is 1.63. The van der Waals surface area contributed by atoms with Crippen molar-refractivity contribution < 1.29 is 9.13 Å². The van der Waals surface area contributed by atoms with Gasteiger partial charge in [-0.05, 0) is 22.9 Å². The van der Waals surface area contributed by atoms with Crippen LogP contribution in [-0.2, 0) is 6.42 Å². The molecule has 0 unspecified atom stereocenters. The van der Waals surface area contributed by atoms with E-state index in [1.54, 1.807) is 7.05 Å². The van der Waals surface area contributed by atoms with E-state index in [0.29, 0.717) is 10.2 Å². The maximum absolute atomic E-state index is 13.4. The van der Waals surface area contributed by atoms with Crippen molar-refractivity contribution >= 4 is 21.6 Å². The highest BCUT2D eigenvalue weighted by molar-refractivity contribution is 9.10. The Morgan fingerprint density at radius 3 is 3.00 bits per heavy atom. The molecule has 0 spiro atoms. The first-order valence-electron chi connectivity index (χ1n) is 4.48. The van der Waals surface area contributed by atoms with Gasteiger partial charge < -0.3 is 10.1 Å². The van der Waals surface area contributed by atoms with Crippen LogP contribution in [0.25, 0.3) is 0 Å². The van der Waals surface area contributed by atoms with Crippen molar-refractivity contribution in [2.45, 2.75) is 19.4 Å². The summed E-state index contributed by atoms with van der Waals surface area (Å²) in [6.07, 6.45) is 0.873. The average molecular weight is 260 g/mol. The minimum atomic E-state index is -0.245. The highest BCUT2D eigenvalue weighted by Crippen LogP contribution is 2.41. The van der Waals surface area contributed by atoms with Gasteiger partial charge in [-0.25, -0.2) is 4.39 Å². The largest absolute Gasteiger partial charge is 0.488 e. The van der Waals surface area contributed by atoms with Crippen LogP contribution >= 0.6 is 15.9 Å². The lowest BCUT2D eigenvalue weighted by molar-refractivity contribution is 0.255. The van der Waals surface area contributed by atoms with Gasteiger partial charge in [-0.3, -0.25) is 0 Å². The number of fused-ring (bicyclic) bond motifs is 1.